The zero-order chi connectivity index (χ0) is 15.1. The Hall–Kier alpha value is -1.35. The molecular formula is C17H28N2O. The number of carbonyl (C=O) groups is 1. The lowest BCUT2D eigenvalue weighted by molar-refractivity contribution is -0.129. The Kier molecular flexibility index (Phi) is 6.73. The zero-order valence-electron chi connectivity index (χ0n) is 13.2. The van der Waals surface area contributed by atoms with E-state index in [4.69, 9.17) is 5.73 Å². The van der Waals surface area contributed by atoms with Crippen molar-refractivity contribution in [1.29, 1.82) is 0 Å². The Balaban J connectivity index is 2.37. The Morgan fingerprint density at radius 2 is 1.95 bits per heavy atom. The van der Waals surface area contributed by atoms with Crippen LogP contribution < -0.4 is 5.73 Å². The minimum atomic E-state index is 0.168. The van der Waals surface area contributed by atoms with Crippen LogP contribution in [0, 0.1) is 12.8 Å². The van der Waals surface area contributed by atoms with Crippen molar-refractivity contribution in [2.24, 2.45) is 11.7 Å². The molecule has 1 amide bonds. The van der Waals surface area contributed by atoms with Gasteiger partial charge >= 0.3 is 0 Å². The van der Waals surface area contributed by atoms with Gasteiger partial charge in [0.25, 0.3) is 0 Å². The van der Waals surface area contributed by atoms with Gasteiger partial charge in [0.05, 0.1) is 0 Å². The van der Waals surface area contributed by atoms with Crippen LogP contribution in [0.4, 0.5) is 0 Å². The first kappa shape index (κ1) is 16.7. The molecule has 0 saturated heterocycles. The molecule has 0 aliphatic heterocycles. The van der Waals surface area contributed by atoms with E-state index in [-0.39, 0.29) is 11.9 Å². The highest BCUT2D eigenvalue weighted by atomic mass is 16.2. The molecule has 0 saturated carbocycles. The fourth-order valence-electron chi connectivity index (χ4n) is 2.12. The first-order chi connectivity index (χ1) is 9.41. The third kappa shape index (κ3) is 5.33. The van der Waals surface area contributed by atoms with E-state index in [1.807, 2.05) is 19.2 Å². The van der Waals surface area contributed by atoms with Crippen molar-refractivity contribution in [1.82, 2.24) is 4.90 Å². The summed E-state index contributed by atoms with van der Waals surface area (Å²) in [4.78, 5) is 13.9. The molecule has 0 aliphatic rings. The van der Waals surface area contributed by atoms with Gasteiger partial charge in [-0.1, -0.05) is 38.1 Å². The molecule has 1 aromatic rings. The molecule has 0 aliphatic carbocycles. The van der Waals surface area contributed by atoms with Crippen LogP contribution in [-0.4, -0.2) is 30.4 Å². The van der Waals surface area contributed by atoms with Crippen molar-refractivity contribution in [2.45, 2.75) is 46.1 Å². The minimum Gasteiger partial charge on any atom is -0.346 e. The van der Waals surface area contributed by atoms with Crippen LogP contribution in [0.3, 0.4) is 0 Å². The van der Waals surface area contributed by atoms with Gasteiger partial charge in [-0.2, -0.15) is 0 Å². The van der Waals surface area contributed by atoms with E-state index in [1.165, 1.54) is 11.1 Å². The summed E-state index contributed by atoms with van der Waals surface area (Å²) >= 11 is 0. The number of nitrogens with zero attached hydrogens (tertiary/aromatic N) is 1. The van der Waals surface area contributed by atoms with Gasteiger partial charge < -0.3 is 10.6 Å². The highest BCUT2D eigenvalue weighted by Crippen LogP contribution is 2.11. The SMILES string of the molecule is Cc1ccccc1CCC(=O)N(C)CCC(N)C(C)C. The monoisotopic (exact) mass is 276 g/mol. The summed E-state index contributed by atoms with van der Waals surface area (Å²) in [5, 5.41) is 0. The topological polar surface area (TPSA) is 46.3 Å². The third-order valence-corrected chi connectivity index (χ3v) is 3.95. The number of nitrogens with two attached hydrogens (primary N) is 1. The zero-order valence-corrected chi connectivity index (χ0v) is 13.2. The summed E-state index contributed by atoms with van der Waals surface area (Å²) in [5.41, 5.74) is 8.52. The van der Waals surface area contributed by atoms with Crippen LogP contribution in [0.2, 0.25) is 0 Å². The third-order valence-electron chi connectivity index (χ3n) is 3.95. The molecule has 1 aromatic carbocycles. The van der Waals surface area contributed by atoms with Crippen LogP contribution in [0.15, 0.2) is 24.3 Å². The standard InChI is InChI=1S/C17H28N2O/c1-13(2)16(18)11-12-19(4)17(20)10-9-15-8-6-5-7-14(15)3/h5-8,13,16H,9-12,18H2,1-4H3. The van der Waals surface area contributed by atoms with Crippen LogP contribution >= 0.6 is 0 Å². The van der Waals surface area contributed by atoms with Gasteiger partial charge in [0.2, 0.25) is 5.91 Å². The van der Waals surface area contributed by atoms with Crippen LogP contribution in [0.1, 0.15) is 37.8 Å². The molecule has 0 aromatic heterocycles. The fraction of sp³-hybridized carbons (Fsp3) is 0.588. The number of benzene rings is 1. The quantitative estimate of drug-likeness (QED) is 0.832. The second kappa shape index (κ2) is 8.05. The molecule has 0 bridgehead atoms. The lowest BCUT2D eigenvalue weighted by Gasteiger charge is -2.21. The van der Waals surface area contributed by atoms with E-state index in [0.717, 1.165) is 19.4 Å². The van der Waals surface area contributed by atoms with Crippen molar-refractivity contribution >= 4 is 5.91 Å². The highest BCUT2D eigenvalue weighted by molar-refractivity contribution is 5.76. The molecule has 0 fully saturated rings. The van der Waals surface area contributed by atoms with Crippen molar-refractivity contribution in [3.8, 4) is 0 Å². The lowest BCUT2D eigenvalue weighted by Crippen LogP contribution is -2.34. The predicted octanol–water partition coefficient (Wildman–Crippen LogP) is 2.76. The van der Waals surface area contributed by atoms with Crippen molar-refractivity contribution < 1.29 is 4.79 Å². The Morgan fingerprint density at radius 1 is 1.30 bits per heavy atom. The molecule has 0 radical (unpaired) electrons. The van der Waals surface area contributed by atoms with Gasteiger partial charge in [0.15, 0.2) is 0 Å². The van der Waals surface area contributed by atoms with E-state index in [1.54, 1.807) is 4.90 Å². The molecule has 1 atom stereocenters. The number of aryl methyl sites for hydroxylation is 2. The van der Waals surface area contributed by atoms with Crippen LogP contribution in [0.5, 0.6) is 0 Å². The van der Waals surface area contributed by atoms with E-state index in [2.05, 4.69) is 32.9 Å². The molecule has 112 valence electrons. The molecule has 0 heterocycles. The number of rotatable bonds is 7. The van der Waals surface area contributed by atoms with E-state index in [0.29, 0.717) is 12.3 Å². The molecule has 2 N–H and O–H groups in total. The van der Waals surface area contributed by atoms with Gasteiger partial charge in [-0.3, -0.25) is 4.79 Å². The second-order valence-electron chi connectivity index (χ2n) is 5.94. The van der Waals surface area contributed by atoms with Gasteiger partial charge in [0, 0.05) is 26.1 Å². The van der Waals surface area contributed by atoms with E-state index in [9.17, 15) is 4.79 Å². The number of carbonyl (C=O) groups excluding carboxylic acids is 1. The Morgan fingerprint density at radius 3 is 2.55 bits per heavy atom. The maximum Gasteiger partial charge on any atom is 0.222 e. The summed E-state index contributed by atoms with van der Waals surface area (Å²) in [5.74, 6) is 0.662. The lowest BCUT2D eigenvalue weighted by atomic mass is 10.0. The van der Waals surface area contributed by atoms with Gasteiger partial charge in [0.1, 0.15) is 0 Å². The van der Waals surface area contributed by atoms with Gasteiger partial charge in [-0.05, 0) is 36.8 Å². The number of hydrogen-bond acceptors (Lipinski definition) is 2. The first-order valence-electron chi connectivity index (χ1n) is 7.46. The largest absolute Gasteiger partial charge is 0.346 e. The minimum absolute atomic E-state index is 0.168. The normalized spacial score (nSPS) is 12.5. The van der Waals surface area contributed by atoms with E-state index < -0.39 is 0 Å². The average molecular weight is 276 g/mol. The molecule has 1 unspecified atom stereocenters. The molecule has 3 heteroatoms. The molecule has 1 rings (SSSR count). The van der Waals surface area contributed by atoms with Crippen LogP contribution in [0.25, 0.3) is 0 Å². The summed E-state index contributed by atoms with van der Waals surface area (Å²) in [6.07, 6.45) is 2.24. The maximum absolute atomic E-state index is 12.1. The van der Waals surface area contributed by atoms with Crippen molar-refractivity contribution in [2.75, 3.05) is 13.6 Å². The second-order valence-corrected chi connectivity index (χ2v) is 5.94. The molecular weight excluding hydrogens is 248 g/mol. The predicted molar refractivity (Wildman–Crippen MR) is 84.6 cm³/mol. The summed E-state index contributed by atoms with van der Waals surface area (Å²) < 4.78 is 0. The Labute approximate surface area is 123 Å². The fourth-order valence-corrected chi connectivity index (χ4v) is 2.12. The number of amides is 1. The summed E-state index contributed by atoms with van der Waals surface area (Å²) in [7, 11) is 1.87. The Bertz CT molecular complexity index is 429. The van der Waals surface area contributed by atoms with Crippen molar-refractivity contribution in [3.05, 3.63) is 35.4 Å². The molecule has 3 nitrogen and oxygen atoms in total. The highest BCUT2D eigenvalue weighted by Gasteiger charge is 2.13. The van der Waals surface area contributed by atoms with Gasteiger partial charge in [-0.15, -0.1) is 0 Å². The average Bonchev–Trinajstić information content (AvgIpc) is 2.42. The summed E-state index contributed by atoms with van der Waals surface area (Å²) in [6, 6.07) is 8.41. The molecule has 0 spiro atoms. The van der Waals surface area contributed by atoms with E-state index >= 15 is 0 Å². The maximum atomic E-state index is 12.1. The van der Waals surface area contributed by atoms with Crippen molar-refractivity contribution in [3.63, 3.8) is 0 Å². The first-order valence-corrected chi connectivity index (χ1v) is 7.46. The number of hydrogen-bond donors (Lipinski definition) is 1. The van der Waals surface area contributed by atoms with Crippen LogP contribution in [-0.2, 0) is 11.2 Å². The van der Waals surface area contributed by atoms with Gasteiger partial charge in [-0.25, -0.2) is 0 Å². The smallest absolute Gasteiger partial charge is 0.222 e. The molecule has 20 heavy (non-hydrogen) atoms. The summed E-state index contributed by atoms with van der Waals surface area (Å²) in [6.45, 7) is 7.06.